The molecular formula is C27H46O2. The fraction of sp³-hybridized carbons (Fsp3) is 0.963. The van der Waals surface area contributed by atoms with Crippen molar-refractivity contribution in [2.24, 2.45) is 52.3 Å². The smallest absolute Gasteiger partial charge is 0.136 e. The Bertz CT molecular complexity index is 612. The summed E-state index contributed by atoms with van der Waals surface area (Å²) >= 11 is 0. The van der Waals surface area contributed by atoms with E-state index in [1.165, 1.54) is 44.9 Å². The van der Waals surface area contributed by atoms with E-state index in [0.717, 1.165) is 49.4 Å². The van der Waals surface area contributed by atoms with Gasteiger partial charge in [0.1, 0.15) is 5.78 Å². The number of fused-ring (bicyclic) bond motifs is 5. The van der Waals surface area contributed by atoms with Crippen LogP contribution in [0.2, 0.25) is 0 Å². The second-order valence-corrected chi connectivity index (χ2v) is 12.6. The van der Waals surface area contributed by atoms with Crippen LogP contribution in [0.1, 0.15) is 105 Å². The van der Waals surface area contributed by atoms with Gasteiger partial charge in [-0.05, 0) is 91.3 Å². The molecule has 0 unspecified atom stereocenters. The number of ketones is 1. The largest absolute Gasteiger partial charge is 0.393 e. The summed E-state index contributed by atoms with van der Waals surface area (Å²) in [5.74, 6) is 5.21. The lowest BCUT2D eigenvalue weighted by Crippen LogP contribution is -2.57. The van der Waals surface area contributed by atoms with Crippen LogP contribution in [-0.4, -0.2) is 17.0 Å². The molecule has 0 amide bonds. The molecule has 1 N–H and O–H groups in total. The fourth-order valence-corrected chi connectivity index (χ4v) is 9.04. The highest BCUT2D eigenvalue weighted by Crippen LogP contribution is 2.67. The molecule has 4 aliphatic carbocycles. The summed E-state index contributed by atoms with van der Waals surface area (Å²) in [6.07, 6.45) is 12.8. The van der Waals surface area contributed by atoms with Gasteiger partial charge in [-0.1, -0.05) is 53.9 Å². The van der Waals surface area contributed by atoms with Crippen molar-refractivity contribution in [1.29, 1.82) is 0 Å². The van der Waals surface area contributed by atoms with E-state index in [0.29, 0.717) is 23.0 Å². The van der Waals surface area contributed by atoms with Crippen LogP contribution in [-0.2, 0) is 4.79 Å². The fourth-order valence-electron chi connectivity index (χ4n) is 9.04. The van der Waals surface area contributed by atoms with Gasteiger partial charge in [0.05, 0.1) is 6.10 Å². The molecule has 4 saturated carbocycles. The Morgan fingerprint density at radius 3 is 2.38 bits per heavy atom. The van der Waals surface area contributed by atoms with Gasteiger partial charge in [-0.25, -0.2) is 0 Å². The minimum atomic E-state index is -0.245. The van der Waals surface area contributed by atoms with Gasteiger partial charge >= 0.3 is 0 Å². The normalized spacial score (nSPS) is 48.2. The monoisotopic (exact) mass is 402 g/mol. The molecule has 29 heavy (non-hydrogen) atoms. The summed E-state index contributed by atoms with van der Waals surface area (Å²) in [4.78, 5) is 13.2. The van der Waals surface area contributed by atoms with Crippen LogP contribution >= 0.6 is 0 Å². The third-order valence-corrected chi connectivity index (χ3v) is 10.6. The summed E-state index contributed by atoms with van der Waals surface area (Å²) in [7, 11) is 0. The molecule has 0 aromatic carbocycles. The Kier molecular flexibility index (Phi) is 5.99. The third kappa shape index (κ3) is 3.64. The van der Waals surface area contributed by atoms with Gasteiger partial charge in [-0.2, -0.15) is 0 Å². The lowest BCUT2D eigenvalue weighted by atomic mass is 9.44. The molecule has 0 heterocycles. The molecule has 0 radical (unpaired) electrons. The predicted molar refractivity (Wildman–Crippen MR) is 119 cm³/mol. The molecule has 0 spiro atoms. The molecular weight excluding hydrogens is 356 g/mol. The Hall–Kier alpha value is -0.370. The highest BCUT2D eigenvalue weighted by molar-refractivity contribution is 5.83. The number of Topliss-reactive ketones (excluding diaryl/α,β-unsaturated/α-hetero) is 1. The summed E-state index contributed by atoms with van der Waals surface area (Å²) in [6, 6.07) is 0. The van der Waals surface area contributed by atoms with Crippen LogP contribution < -0.4 is 0 Å². The van der Waals surface area contributed by atoms with Gasteiger partial charge in [0.2, 0.25) is 0 Å². The van der Waals surface area contributed by atoms with Gasteiger partial charge in [-0.15, -0.1) is 0 Å². The Morgan fingerprint density at radius 2 is 1.66 bits per heavy atom. The summed E-state index contributed by atoms with van der Waals surface area (Å²) in [5.41, 5.74) is 0.609. The Balaban J connectivity index is 1.50. The Labute approximate surface area is 179 Å². The van der Waals surface area contributed by atoms with E-state index >= 15 is 0 Å². The molecule has 4 fully saturated rings. The van der Waals surface area contributed by atoms with Crippen LogP contribution in [0.5, 0.6) is 0 Å². The first-order chi connectivity index (χ1) is 13.7. The number of carbonyl (C=O) groups is 1. The molecule has 0 saturated heterocycles. The van der Waals surface area contributed by atoms with Gasteiger partial charge in [0, 0.05) is 12.3 Å². The molecule has 0 aliphatic heterocycles. The first-order valence-electron chi connectivity index (χ1n) is 12.9. The van der Waals surface area contributed by atoms with E-state index in [1.807, 2.05) is 0 Å². The highest BCUT2D eigenvalue weighted by atomic mass is 16.3. The highest BCUT2D eigenvalue weighted by Gasteiger charge is 2.62. The minimum Gasteiger partial charge on any atom is -0.393 e. The average Bonchev–Trinajstić information content (AvgIpc) is 3.00. The number of aliphatic hydroxyl groups is 1. The maximum atomic E-state index is 13.2. The molecule has 4 aliphatic rings. The minimum absolute atomic E-state index is 0.129. The molecule has 0 aromatic heterocycles. The SMILES string of the molecule is CC(C)CCC[C@@H](C)[C@H]1CC[C@H]2[C@H]3CC(=O)[C@H]4C[C@@H](O)CC[C@]4(C)[C@@H]3CC[C@]12C. The van der Waals surface area contributed by atoms with Crippen molar-refractivity contribution in [3.05, 3.63) is 0 Å². The summed E-state index contributed by atoms with van der Waals surface area (Å²) < 4.78 is 0. The third-order valence-electron chi connectivity index (χ3n) is 10.6. The van der Waals surface area contributed by atoms with E-state index in [4.69, 9.17) is 0 Å². The van der Waals surface area contributed by atoms with Crippen LogP contribution in [0, 0.1) is 52.3 Å². The van der Waals surface area contributed by atoms with Gasteiger partial charge in [-0.3, -0.25) is 4.79 Å². The standard InChI is InChI=1S/C27H46O2/c1-17(2)7-6-8-18(3)21-9-10-22-20-16-25(29)24-15-19(28)11-13-27(24,5)23(20)12-14-26(21,22)4/h17-24,28H,6-16H2,1-5H3/t18-,19+,20-,21-,22+,23-,24-,26-,27-/m1/s1. The lowest BCUT2D eigenvalue weighted by Gasteiger charge is -2.60. The number of hydrogen-bond donors (Lipinski definition) is 1. The molecule has 2 nitrogen and oxygen atoms in total. The van der Waals surface area contributed by atoms with Crippen molar-refractivity contribution >= 4 is 5.78 Å². The lowest BCUT2D eigenvalue weighted by molar-refractivity contribution is -0.160. The van der Waals surface area contributed by atoms with Crippen LogP contribution in [0.15, 0.2) is 0 Å². The summed E-state index contributed by atoms with van der Waals surface area (Å²) in [6.45, 7) is 12.2. The molecule has 166 valence electrons. The maximum absolute atomic E-state index is 13.2. The van der Waals surface area contributed by atoms with E-state index in [2.05, 4.69) is 34.6 Å². The van der Waals surface area contributed by atoms with E-state index in [-0.39, 0.29) is 17.4 Å². The molecule has 0 bridgehead atoms. The zero-order valence-corrected chi connectivity index (χ0v) is 19.8. The topological polar surface area (TPSA) is 37.3 Å². The van der Waals surface area contributed by atoms with Gasteiger partial charge < -0.3 is 5.11 Å². The summed E-state index contributed by atoms with van der Waals surface area (Å²) in [5, 5.41) is 10.2. The Morgan fingerprint density at radius 1 is 0.966 bits per heavy atom. The van der Waals surface area contributed by atoms with Gasteiger partial charge in [0.15, 0.2) is 0 Å². The predicted octanol–water partition coefficient (Wildman–Crippen LogP) is 6.65. The molecule has 4 rings (SSSR count). The van der Waals surface area contributed by atoms with Crippen molar-refractivity contribution in [2.75, 3.05) is 0 Å². The van der Waals surface area contributed by atoms with E-state index in [1.54, 1.807) is 0 Å². The number of rotatable bonds is 5. The first-order valence-corrected chi connectivity index (χ1v) is 12.9. The average molecular weight is 403 g/mol. The number of hydrogen-bond acceptors (Lipinski definition) is 2. The molecule has 0 aromatic rings. The molecule has 9 atom stereocenters. The van der Waals surface area contributed by atoms with Crippen LogP contribution in [0.4, 0.5) is 0 Å². The van der Waals surface area contributed by atoms with E-state index in [9.17, 15) is 9.90 Å². The number of aliphatic hydroxyl groups excluding tert-OH is 1. The van der Waals surface area contributed by atoms with Crippen molar-refractivity contribution in [3.8, 4) is 0 Å². The first kappa shape index (κ1) is 21.8. The second kappa shape index (κ2) is 7.95. The van der Waals surface area contributed by atoms with Crippen LogP contribution in [0.3, 0.4) is 0 Å². The van der Waals surface area contributed by atoms with Crippen molar-refractivity contribution < 1.29 is 9.90 Å². The zero-order chi connectivity index (χ0) is 21.0. The molecule has 2 heteroatoms. The second-order valence-electron chi connectivity index (χ2n) is 12.6. The van der Waals surface area contributed by atoms with Crippen molar-refractivity contribution in [3.63, 3.8) is 0 Å². The quantitative estimate of drug-likeness (QED) is 0.559. The maximum Gasteiger partial charge on any atom is 0.136 e. The number of carbonyl (C=O) groups excluding carboxylic acids is 1. The van der Waals surface area contributed by atoms with Crippen molar-refractivity contribution in [2.45, 2.75) is 111 Å². The van der Waals surface area contributed by atoms with Crippen LogP contribution in [0.25, 0.3) is 0 Å². The van der Waals surface area contributed by atoms with Crippen molar-refractivity contribution in [1.82, 2.24) is 0 Å². The van der Waals surface area contributed by atoms with Gasteiger partial charge in [0.25, 0.3) is 0 Å². The zero-order valence-electron chi connectivity index (χ0n) is 19.8. The van der Waals surface area contributed by atoms with E-state index < -0.39 is 0 Å².